The van der Waals surface area contributed by atoms with E-state index in [-0.39, 0.29) is 11.9 Å². The molecule has 2 aliphatic heterocycles. The summed E-state index contributed by atoms with van der Waals surface area (Å²) in [4.78, 5) is 18.5. The molecule has 5 nitrogen and oxygen atoms in total. The summed E-state index contributed by atoms with van der Waals surface area (Å²) in [5.74, 6) is 0.978. The maximum Gasteiger partial charge on any atom is 0.234 e. The van der Waals surface area contributed by atoms with Crippen LogP contribution in [0.25, 0.3) is 0 Å². The van der Waals surface area contributed by atoms with Crippen LogP contribution in [0.15, 0.2) is 36.4 Å². The minimum Gasteiger partial charge on any atom is -0.493 e. The van der Waals surface area contributed by atoms with E-state index in [1.54, 1.807) is 11.3 Å². The van der Waals surface area contributed by atoms with Crippen molar-refractivity contribution in [3.8, 4) is 5.75 Å². The van der Waals surface area contributed by atoms with Crippen LogP contribution < -0.4 is 10.1 Å². The van der Waals surface area contributed by atoms with Crippen LogP contribution in [0.5, 0.6) is 5.75 Å². The van der Waals surface area contributed by atoms with E-state index in [4.69, 9.17) is 16.3 Å². The molecule has 0 aliphatic carbocycles. The number of hydrogen-bond donors (Lipinski definition) is 1. The Morgan fingerprint density at radius 3 is 2.70 bits per heavy atom. The van der Waals surface area contributed by atoms with E-state index in [9.17, 15) is 4.79 Å². The van der Waals surface area contributed by atoms with Crippen LogP contribution in [0.4, 0.5) is 0 Å². The van der Waals surface area contributed by atoms with E-state index in [1.807, 2.05) is 30.3 Å². The topological polar surface area (TPSA) is 44.8 Å². The normalized spacial score (nSPS) is 20.7. The number of fused-ring (bicyclic) bond motifs is 1. The van der Waals surface area contributed by atoms with Gasteiger partial charge in [-0.25, -0.2) is 0 Å². The summed E-state index contributed by atoms with van der Waals surface area (Å²) in [6.45, 7) is 5.82. The van der Waals surface area contributed by atoms with Crippen LogP contribution in [-0.4, -0.2) is 55.0 Å². The average Bonchev–Trinajstić information content (AvgIpc) is 3.08. The zero-order chi connectivity index (χ0) is 18.6. The number of nitrogens with zero attached hydrogens (tertiary/aromatic N) is 2. The van der Waals surface area contributed by atoms with E-state index in [0.29, 0.717) is 13.2 Å². The Hall–Kier alpha value is -1.60. The molecule has 2 aromatic rings. The number of para-hydroxylation sites is 1. The first-order valence-corrected chi connectivity index (χ1v) is 10.6. The van der Waals surface area contributed by atoms with Gasteiger partial charge in [-0.3, -0.25) is 14.6 Å². The lowest BCUT2D eigenvalue weighted by Crippen LogP contribution is -2.49. The number of nitrogens with one attached hydrogen (secondary N) is 1. The zero-order valence-electron chi connectivity index (χ0n) is 15.2. The molecule has 1 N–H and O–H groups in total. The number of amides is 1. The van der Waals surface area contributed by atoms with Gasteiger partial charge < -0.3 is 10.1 Å². The van der Waals surface area contributed by atoms with Gasteiger partial charge in [0.1, 0.15) is 5.75 Å². The van der Waals surface area contributed by atoms with Crippen LogP contribution in [0.3, 0.4) is 0 Å². The van der Waals surface area contributed by atoms with Gasteiger partial charge >= 0.3 is 0 Å². The number of rotatable bonds is 5. The Kier molecular flexibility index (Phi) is 5.98. The second kappa shape index (κ2) is 8.61. The summed E-state index contributed by atoms with van der Waals surface area (Å²) in [7, 11) is 0. The van der Waals surface area contributed by atoms with Crippen LogP contribution >= 0.6 is 22.9 Å². The minimum absolute atomic E-state index is 0.0484. The third kappa shape index (κ3) is 4.82. The van der Waals surface area contributed by atoms with Crippen molar-refractivity contribution in [1.29, 1.82) is 0 Å². The molecule has 1 unspecified atom stereocenters. The molecular formula is C20H24ClN3O2S. The number of carbonyl (C=O) groups is 1. The van der Waals surface area contributed by atoms with E-state index in [0.717, 1.165) is 54.8 Å². The van der Waals surface area contributed by atoms with Crippen LogP contribution in [0.1, 0.15) is 22.9 Å². The molecule has 1 amide bonds. The van der Waals surface area contributed by atoms with Crippen molar-refractivity contribution in [3.63, 3.8) is 0 Å². The van der Waals surface area contributed by atoms with E-state index < -0.39 is 0 Å². The summed E-state index contributed by atoms with van der Waals surface area (Å²) in [6, 6.07) is 12.1. The van der Waals surface area contributed by atoms with Crippen molar-refractivity contribution in [3.05, 3.63) is 51.2 Å². The monoisotopic (exact) mass is 405 g/mol. The molecule has 144 valence electrons. The Morgan fingerprint density at radius 2 is 1.93 bits per heavy atom. The molecule has 0 radical (unpaired) electrons. The highest BCUT2D eigenvalue weighted by Crippen LogP contribution is 2.31. The van der Waals surface area contributed by atoms with Crippen LogP contribution in [0, 0.1) is 0 Å². The summed E-state index contributed by atoms with van der Waals surface area (Å²) in [5, 5.41) is 3.19. The molecule has 1 aromatic carbocycles. The van der Waals surface area contributed by atoms with Gasteiger partial charge in [0, 0.05) is 49.6 Å². The maximum absolute atomic E-state index is 12.5. The third-order valence-electron chi connectivity index (χ3n) is 5.13. The molecule has 2 aliphatic rings. The highest BCUT2D eigenvalue weighted by molar-refractivity contribution is 7.16. The number of ether oxygens (including phenoxy) is 1. The molecule has 0 bridgehead atoms. The second-order valence-corrected chi connectivity index (χ2v) is 8.85. The highest BCUT2D eigenvalue weighted by atomic mass is 35.5. The van der Waals surface area contributed by atoms with Crippen LogP contribution in [0.2, 0.25) is 4.34 Å². The molecule has 3 heterocycles. The van der Waals surface area contributed by atoms with Gasteiger partial charge in [-0.1, -0.05) is 29.8 Å². The molecule has 0 spiro atoms. The van der Waals surface area contributed by atoms with Crippen LogP contribution in [-0.2, 0) is 11.3 Å². The van der Waals surface area contributed by atoms with Crippen molar-refractivity contribution >= 4 is 28.8 Å². The molecule has 27 heavy (non-hydrogen) atoms. The Morgan fingerprint density at radius 1 is 1.15 bits per heavy atom. The molecule has 1 aromatic heterocycles. The van der Waals surface area contributed by atoms with Crippen molar-refractivity contribution in [2.24, 2.45) is 0 Å². The van der Waals surface area contributed by atoms with Crippen molar-refractivity contribution in [2.45, 2.75) is 19.0 Å². The van der Waals surface area contributed by atoms with E-state index >= 15 is 0 Å². The Bertz CT molecular complexity index is 789. The fraction of sp³-hybridized carbons (Fsp3) is 0.450. The minimum atomic E-state index is 0.0484. The molecule has 4 rings (SSSR count). The van der Waals surface area contributed by atoms with Crippen molar-refractivity contribution in [2.75, 3.05) is 39.3 Å². The average molecular weight is 406 g/mol. The molecule has 0 saturated carbocycles. The van der Waals surface area contributed by atoms with Gasteiger partial charge in [-0.15, -0.1) is 11.3 Å². The summed E-state index contributed by atoms with van der Waals surface area (Å²) >= 11 is 7.65. The molecule has 1 saturated heterocycles. The largest absolute Gasteiger partial charge is 0.493 e. The van der Waals surface area contributed by atoms with E-state index in [2.05, 4.69) is 21.2 Å². The highest BCUT2D eigenvalue weighted by Gasteiger charge is 2.24. The maximum atomic E-state index is 12.5. The van der Waals surface area contributed by atoms with Gasteiger partial charge in [0.15, 0.2) is 0 Å². The van der Waals surface area contributed by atoms with E-state index in [1.165, 1.54) is 4.88 Å². The van der Waals surface area contributed by atoms with Gasteiger partial charge in [-0.2, -0.15) is 0 Å². The smallest absolute Gasteiger partial charge is 0.234 e. The summed E-state index contributed by atoms with van der Waals surface area (Å²) in [6.07, 6.45) is 0.819. The predicted octanol–water partition coefficient (Wildman–Crippen LogP) is 3.16. The zero-order valence-corrected chi connectivity index (χ0v) is 16.8. The SMILES string of the molecule is O=C(CN1CCN(Cc2ccc(Cl)s2)CC1)NC1CCOc2ccccc21. The number of benzene rings is 1. The lowest BCUT2D eigenvalue weighted by Gasteiger charge is -2.34. The lowest BCUT2D eigenvalue weighted by molar-refractivity contribution is -0.123. The molecule has 7 heteroatoms. The third-order valence-corrected chi connectivity index (χ3v) is 6.35. The Balaban J connectivity index is 1.24. The fourth-order valence-electron chi connectivity index (χ4n) is 3.70. The fourth-order valence-corrected chi connectivity index (χ4v) is 4.83. The quantitative estimate of drug-likeness (QED) is 0.829. The number of carbonyl (C=O) groups excluding carboxylic acids is 1. The lowest BCUT2D eigenvalue weighted by atomic mass is 10.0. The van der Waals surface area contributed by atoms with Gasteiger partial charge in [0.2, 0.25) is 5.91 Å². The number of halogens is 1. The Labute approximate surface area is 168 Å². The summed E-state index contributed by atoms with van der Waals surface area (Å²) < 4.78 is 6.52. The number of piperazine rings is 1. The predicted molar refractivity (Wildman–Crippen MR) is 108 cm³/mol. The molecule has 1 fully saturated rings. The molecule has 1 atom stereocenters. The molecular weight excluding hydrogens is 382 g/mol. The van der Waals surface area contributed by atoms with Crippen molar-refractivity contribution in [1.82, 2.24) is 15.1 Å². The number of hydrogen-bond acceptors (Lipinski definition) is 5. The van der Waals surface area contributed by atoms with Crippen molar-refractivity contribution < 1.29 is 9.53 Å². The number of thiophene rings is 1. The first kappa shape index (κ1) is 18.7. The summed E-state index contributed by atoms with van der Waals surface area (Å²) in [5.41, 5.74) is 1.08. The van der Waals surface area contributed by atoms with Gasteiger partial charge in [0.25, 0.3) is 0 Å². The van der Waals surface area contributed by atoms with Gasteiger partial charge in [0.05, 0.1) is 23.5 Å². The van der Waals surface area contributed by atoms with Gasteiger partial charge in [-0.05, 0) is 18.2 Å². The first-order chi connectivity index (χ1) is 13.2. The first-order valence-electron chi connectivity index (χ1n) is 9.37. The standard InChI is InChI=1S/C20H24ClN3O2S/c21-19-6-5-15(27-19)13-23-8-10-24(11-9-23)14-20(25)22-17-7-12-26-18-4-2-1-3-16(17)18/h1-6,17H,7-14H2,(H,22,25). The second-order valence-electron chi connectivity index (χ2n) is 7.05.